The Morgan fingerprint density at radius 2 is 2.00 bits per heavy atom. The average Bonchev–Trinajstić information content (AvgIpc) is 2.47. The zero-order valence-corrected chi connectivity index (χ0v) is 15.6. The smallest absolute Gasteiger partial charge is 0.239 e. The van der Waals surface area contributed by atoms with Crippen LogP contribution in [0.5, 0.6) is 0 Å². The van der Waals surface area contributed by atoms with E-state index >= 15 is 0 Å². The van der Waals surface area contributed by atoms with Crippen molar-refractivity contribution in [3.8, 4) is 0 Å². The van der Waals surface area contributed by atoms with Crippen LogP contribution >= 0.6 is 24.8 Å². The van der Waals surface area contributed by atoms with Gasteiger partial charge in [-0.15, -0.1) is 24.8 Å². The molecule has 1 aliphatic rings. The Hall–Kier alpha value is -0.920. The Labute approximate surface area is 154 Å². The van der Waals surface area contributed by atoms with Crippen molar-refractivity contribution in [3.63, 3.8) is 0 Å². The Bertz CT molecular complexity index is 520. The fourth-order valence-electron chi connectivity index (χ4n) is 2.48. The molecule has 1 heterocycles. The Kier molecular flexibility index (Phi) is 9.77. The second kappa shape index (κ2) is 10.2. The number of ether oxygens (including phenoxy) is 1. The van der Waals surface area contributed by atoms with E-state index in [0.29, 0.717) is 19.8 Å². The summed E-state index contributed by atoms with van der Waals surface area (Å²) in [6.07, 6.45) is 0. The molecule has 1 aromatic rings. The maximum absolute atomic E-state index is 13.5. The van der Waals surface area contributed by atoms with Crippen molar-refractivity contribution in [1.29, 1.82) is 0 Å². The lowest BCUT2D eigenvalue weighted by Crippen LogP contribution is -2.51. The number of morpholine rings is 1. The molecule has 1 aromatic carbocycles. The van der Waals surface area contributed by atoms with Gasteiger partial charge in [0.2, 0.25) is 5.91 Å². The van der Waals surface area contributed by atoms with Gasteiger partial charge in [-0.25, -0.2) is 4.39 Å². The summed E-state index contributed by atoms with van der Waals surface area (Å²) in [5, 5.41) is 2.87. The highest BCUT2D eigenvalue weighted by molar-refractivity contribution is 5.86. The molecule has 24 heavy (non-hydrogen) atoms. The lowest BCUT2D eigenvalue weighted by atomic mass is 10.0. The molecule has 1 unspecified atom stereocenters. The number of halogens is 3. The molecule has 0 aromatic heterocycles. The first-order valence-corrected chi connectivity index (χ1v) is 7.52. The first-order valence-electron chi connectivity index (χ1n) is 7.52. The summed E-state index contributed by atoms with van der Waals surface area (Å²) in [6, 6.07) is 6.41. The van der Waals surface area contributed by atoms with E-state index in [0.717, 1.165) is 18.7 Å². The summed E-state index contributed by atoms with van der Waals surface area (Å²) in [4.78, 5) is 14.2. The van der Waals surface area contributed by atoms with E-state index in [1.54, 1.807) is 19.9 Å². The Morgan fingerprint density at radius 1 is 1.38 bits per heavy atom. The van der Waals surface area contributed by atoms with Crippen molar-refractivity contribution in [2.24, 2.45) is 5.73 Å². The van der Waals surface area contributed by atoms with Crippen LogP contribution in [0.4, 0.5) is 4.39 Å². The molecular formula is C16H26Cl2FN3O2. The number of hydrogen-bond acceptors (Lipinski definition) is 4. The molecule has 5 nitrogen and oxygen atoms in total. The minimum Gasteiger partial charge on any atom is -0.379 e. The number of amides is 1. The predicted octanol–water partition coefficient (Wildman–Crippen LogP) is 1.90. The van der Waals surface area contributed by atoms with Crippen LogP contribution in [-0.2, 0) is 9.53 Å². The number of nitrogens with one attached hydrogen (secondary N) is 1. The summed E-state index contributed by atoms with van der Waals surface area (Å²) in [7, 11) is 0. The molecule has 1 aliphatic heterocycles. The Morgan fingerprint density at radius 3 is 2.54 bits per heavy atom. The van der Waals surface area contributed by atoms with Crippen molar-refractivity contribution in [1.82, 2.24) is 10.2 Å². The molecule has 1 amide bonds. The predicted molar refractivity (Wildman–Crippen MR) is 97.3 cm³/mol. The number of benzene rings is 1. The molecule has 0 spiro atoms. The highest BCUT2D eigenvalue weighted by Gasteiger charge is 2.26. The normalized spacial score (nSPS) is 16.5. The van der Waals surface area contributed by atoms with E-state index in [9.17, 15) is 9.18 Å². The summed E-state index contributed by atoms with van der Waals surface area (Å²) in [5.74, 6) is -0.497. The number of hydrogen-bond donors (Lipinski definition) is 2. The topological polar surface area (TPSA) is 67.6 Å². The molecular weight excluding hydrogens is 356 g/mol. The van der Waals surface area contributed by atoms with E-state index in [1.165, 1.54) is 12.1 Å². The maximum atomic E-state index is 13.5. The van der Waals surface area contributed by atoms with Crippen molar-refractivity contribution in [2.75, 3.05) is 32.8 Å². The quantitative estimate of drug-likeness (QED) is 0.816. The first kappa shape index (κ1) is 23.1. The fourth-order valence-corrected chi connectivity index (χ4v) is 2.48. The largest absolute Gasteiger partial charge is 0.379 e. The number of carbonyl (C=O) groups is 1. The van der Waals surface area contributed by atoms with Crippen molar-refractivity contribution in [2.45, 2.75) is 25.4 Å². The second-order valence-corrected chi connectivity index (χ2v) is 6.15. The maximum Gasteiger partial charge on any atom is 0.239 e. The van der Waals surface area contributed by atoms with Crippen LogP contribution in [-0.4, -0.2) is 49.2 Å². The number of nitrogens with zero attached hydrogens (tertiary/aromatic N) is 1. The van der Waals surface area contributed by atoms with Crippen LogP contribution in [0.3, 0.4) is 0 Å². The van der Waals surface area contributed by atoms with Gasteiger partial charge >= 0.3 is 0 Å². The van der Waals surface area contributed by atoms with Crippen LogP contribution in [0.25, 0.3) is 0 Å². The standard InChI is InChI=1S/C16H24FN3O2.2ClH/c1-16(2,18)15(21)19-11-14(20-6-8-22-9-7-20)12-4-3-5-13(17)10-12;;/h3-5,10,14H,6-9,11,18H2,1-2H3,(H,19,21);2*1H. The van der Waals surface area contributed by atoms with Gasteiger partial charge in [-0.3, -0.25) is 9.69 Å². The van der Waals surface area contributed by atoms with Gasteiger partial charge in [-0.05, 0) is 31.5 Å². The van der Waals surface area contributed by atoms with Crippen molar-refractivity contribution < 1.29 is 13.9 Å². The van der Waals surface area contributed by atoms with Gasteiger partial charge in [-0.1, -0.05) is 12.1 Å². The molecule has 0 bridgehead atoms. The average molecular weight is 382 g/mol. The molecule has 138 valence electrons. The van der Waals surface area contributed by atoms with E-state index in [4.69, 9.17) is 10.5 Å². The lowest BCUT2D eigenvalue weighted by Gasteiger charge is -2.35. The van der Waals surface area contributed by atoms with Crippen molar-refractivity contribution in [3.05, 3.63) is 35.6 Å². The summed E-state index contributed by atoms with van der Waals surface area (Å²) < 4.78 is 18.9. The molecule has 1 fully saturated rings. The number of nitrogens with two attached hydrogens (primary N) is 1. The molecule has 8 heteroatoms. The fraction of sp³-hybridized carbons (Fsp3) is 0.562. The van der Waals surface area contributed by atoms with Gasteiger partial charge < -0.3 is 15.8 Å². The van der Waals surface area contributed by atoms with Crippen LogP contribution in [0, 0.1) is 5.82 Å². The molecule has 2 rings (SSSR count). The molecule has 0 aliphatic carbocycles. The van der Waals surface area contributed by atoms with Gasteiger partial charge in [0, 0.05) is 19.6 Å². The van der Waals surface area contributed by atoms with Gasteiger partial charge in [0.1, 0.15) is 5.82 Å². The highest BCUT2D eigenvalue weighted by Crippen LogP contribution is 2.22. The van der Waals surface area contributed by atoms with Crippen LogP contribution in [0.2, 0.25) is 0 Å². The van der Waals surface area contributed by atoms with Crippen LogP contribution < -0.4 is 11.1 Å². The summed E-state index contributed by atoms with van der Waals surface area (Å²) >= 11 is 0. The van der Waals surface area contributed by atoms with Crippen LogP contribution in [0.15, 0.2) is 24.3 Å². The van der Waals surface area contributed by atoms with Gasteiger partial charge in [0.25, 0.3) is 0 Å². The molecule has 0 saturated carbocycles. The van der Waals surface area contributed by atoms with Gasteiger partial charge in [0.15, 0.2) is 0 Å². The first-order chi connectivity index (χ1) is 10.4. The highest BCUT2D eigenvalue weighted by atomic mass is 35.5. The lowest BCUT2D eigenvalue weighted by molar-refractivity contribution is -0.125. The molecule has 0 radical (unpaired) electrons. The monoisotopic (exact) mass is 381 g/mol. The number of rotatable bonds is 5. The summed E-state index contributed by atoms with van der Waals surface area (Å²) in [6.45, 7) is 6.50. The van der Waals surface area contributed by atoms with Crippen LogP contribution in [0.1, 0.15) is 25.5 Å². The molecule has 1 saturated heterocycles. The Balaban J connectivity index is 0.00000264. The minimum atomic E-state index is -0.933. The van der Waals surface area contributed by atoms with E-state index in [-0.39, 0.29) is 42.6 Å². The third kappa shape index (κ3) is 6.53. The third-order valence-corrected chi connectivity index (χ3v) is 3.76. The zero-order chi connectivity index (χ0) is 16.2. The molecule has 1 atom stereocenters. The summed E-state index contributed by atoms with van der Waals surface area (Å²) in [5.41, 5.74) is 5.71. The van der Waals surface area contributed by atoms with Crippen molar-refractivity contribution >= 4 is 30.7 Å². The minimum absolute atomic E-state index is 0. The van der Waals surface area contributed by atoms with E-state index in [2.05, 4.69) is 10.2 Å². The zero-order valence-electron chi connectivity index (χ0n) is 14.0. The molecule has 3 N–H and O–H groups in total. The van der Waals surface area contributed by atoms with E-state index < -0.39 is 5.54 Å². The third-order valence-electron chi connectivity index (χ3n) is 3.76. The van der Waals surface area contributed by atoms with Gasteiger partial charge in [-0.2, -0.15) is 0 Å². The number of carbonyl (C=O) groups excluding carboxylic acids is 1. The SMILES string of the molecule is CC(C)(N)C(=O)NCC(c1cccc(F)c1)N1CCOCC1.Cl.Cl. The van der Waals surface area contributed by atoms with Gasteiger partial charge in [0.05, 0.1) is 24.8 Å². The second-order valence-electron chi connectivity index (χ2n) is 6.15. The van der Waals surface area contributed by atoms with E-state index in [1.807, 2.05) is 6.07 Å².